The van der Waals surface area contributed by atoms with Crippen molar-refractivity contribution >= 4 is 29.1 Å². The molecular weight excluding hydrogens is 442 g/mol. The standard InChI is InChI=1S/C24H22ClN5O3/c1-2-32-22-12-17(5-8-21(22)33-15-16-3-6-19(25)7-4-16)11-18(13-26)23-20(14-27)24(28)30(29-23)9-10-31/h3-8,11-12,31H,2,9-10,15,28H2,1H3/b18-11+. The summed E-state index contributed by atoms with van der Waals surface area (Å²) in [6.45, 7) is 2.55. The summed E-state index contributed by atoms with van der Waals surface area (Å²) >= 11 is 5.92. The molecule has 9 heteroatoms. The first-order valence-corrected chi connectivity index (χ1v) is 10.5. The summed E-state index contributed by atoms with van der Waals surface area (Å²) in [6, 6.07) is 16.7. The number of benzene rings is 2. The summed E-state index contributed by atoms with van der Waals surface area (Å²) in [5.41, 5.74) is 7.97. The summed E-state index contributed by atoms with van der Waals surface area (Å²) in [6.07, 6.45) is 1.59. The van der Waals surface area contributed by atoms with Crippen LogP contribution in [-0.2, 0) is 13.2 Å². The number of anilines is 1. The topological polar surface area (TPSA) is 130 Å². The smallest absolute Gasteiger partial charge is 0.161 e. The van der Waals surface area contributed by atoms with E-state index >= 15 is 0 Å². The third-order valence-corrected chi connectivity index (χ3v) is 4.93. The van der Waals surface area contributed by atoms with Crippen LogP contribution in [0.15, 0.2) is 42.5 Å². The second kappa shape index (κ2) is 11.1. The molecule has 168 valence electrons. The van der Waals surface area contributed by atoms with E-state index in [0.717, 1.165) is 5.56 Å². The van der Waals surface area contributed by atoms with Crippen molar-refractivity contribution in [3.05, 3.63) is 69.9 Å². The van der Waals surface area contributed by atoms with Gasteiger partial charge in [-0.2, -0.15) is 15.6 Å². The van der Waals surface area contributed by atoms with Crippen LogP contribution in [0.5, 0.6) is 11.5 Å². The molecule has 2 aromatic carbocycles. The zero-order valence-corrected chi connectivity index (χ0v) is 18.7. The number of hydrogen-bond acceptors (Lipinski definition) is 7. The average Bonchev–Trinajstić information content (AvgIpc) is 3.13. The van der Waals surface area contributed by atoms with Crippen LogP contribution in [0.1, 0.15) is 29.3 Å². The van der Waals surface area contributed by atoms with E-state index in [1.807, 2.05) is 25.1 Å². The summed E-state index contributed by atoms with van der Waals surface area (Å²) in [5, 5.41) is 33.3. The number of aromatic nitrogens is 2. The highest BCUT2D eigenvalue weighted by Crippen LogP contribution is 2.32. The Balaban J connectivity index is 1.91. The van der Waals surface area contributed by atoms with Crippen LogP contribution >= 0.6 is 11.6 Å². The van der Waals surface area contributed by atoms with Gasteiger partial charge in [-0.3, -0.25) is 0 Å². The first-order valence-electron chi connectivity index (χ1n) is 10.1. The number of nitriles is 2. The number of nitrogens with zero attached hydrogens (tertiary/aromatic N) is 4. The van der Waals surface area contributed by atoms with Crippen LogP contribution in [0, 0.1) is 22.7 Å². The SMILES string of the molecule is CCOc1cc(/C=C(\C#N)c2nn(CCO)c(N)c2C#N)ccc1OCc1ccc(Cl)cc1. The molecule has 0 aliphatic carbocycles. The summed E-state index contributed by atoms with van der Waals surface area (Å²) in [4.78, 5) is 0. The molecular formula is C24H22ClN5O3. The quantitative estimate of drug-likeness (QED) is 0.458. The molecule has 1 heterocycles. The summed E-state index contributed by atoms with van der Waals surface area (Å²) < 4.78 is 12.9. The van der Waals surface area contributed by atoms with Gasteiger partial charge in [0.2, 0.25) is 0 Å². The predicted molar refractivity (Wildman–Crippen MR) is 125 cm³/mol. The van der Waals surface area contributed by atoms with Gasteiger partial charge in [-0.1, -0.05) is 29.8 Å². The van der Waals surface area contributed by atoms with E-state index in [1.165, 1.54) is 4.68 Å². The van der Waals surface area contributed by atoms with Gasteiger partial charge in [0, 0.05) is 5.02 Å². The Morgan fingerprint density at radius 1 is 1.18 bits per heavy atom. The highest BCUT2D eigenvalue weighted by molar-refractivity contribution is 6.30. The molecule has 8 nitrogen and oxygen atoms in total. The zero-order chi connectivity index (χ0) is 23.8. The fraction of sp³-hybridized carbons (Fsp3) is 0.208. The van der Waals surface area contributed by atoms with Gasteiger partial charge in [-0.15, -0.1) is 0 Å². The molecule has 3 rings (SSSR count). The summed E-state index contributed by atoms with van der Waals surface area (Å²) in [5.74, 6) is 1.17. The maximum Gasteiger partial charge on any atom is 0.161 e. The second-order valence-corrected chi connectivity index (χ2v) is 7.33. The number of rotatable bonds is 9. The number of nitrogen functional groups attached to an aromatic ring is 1. The molecule has 0 bridgehead atoms. The molecule has 1 aromatic heterocycles. The molecule has 3 aromatic rings. The van der Waals surface area contributed by atoms with Crippen molar-refractivity contribution in [1.82, 2.24) is 9.78 Å². The van der Waals surface area contributed by atoms with Crippen molar-refractivity contribution < 1.29 is 14.6 Å². The van der Waals surface area contributed by atoms with Crippen molar-refractivity contribution in [2.75, 3.05) is 18.9 Å². The van der Waals surface area contributed by atoms with Gasteiger partial charge in [-0.05, 0) is 48.4 Å². The molecule has 33 heavy (non-hydrogen) atoms. The molecule has 0 aliphatic rings. The maximum atomic E-state index is 9.72. The largest absolute Gasteiger partial charge is 0.490 e. The minimum atomic E-state index is -0.197. The van der Waals surface area contributed by atoms with E-state index in [0.29, 0.717) is 35.3 Å². The van der Waals surface area contributed by atoms with Crippen molar-refractivity contribution in [1.29, 1.82) is 10.5 Å². The minimum absolute atomic E-state index is 0.0872. The van der Waals surface area contributed by atoms with Crippen molar-refractivity contribution in [3.63, 3.8) is 0 Å². The van der Waals surface area contributed by atoms with Crippen LogP contribution in [0.2, 0.25) is 5.02 Å². The van der Waals surface area contributed by atoms with Gasteiger partial charge in [0.1, 0.15) is 35.8 Å². The highest BCUT2D eigenvalue weighted by atomic mass is 35.5. The minimum Gasteiger partial charge on any atom is -0.490 e. The predicted octanol–water partition coefficient (Wildman–Crippen LogP) is 4.02. The monoisotopic (exact) mass is 463 g/mol. The van der Waals surface area contributed by atoms with E-state index in [-0.39, 0.29) is 35.8 Å². The number of nitrogens with two attached hydrogens (primary N) is 1. The first kappa shape index (κ1) is 23.7. The number of allylic oxidation sites excluding steroid dienone is 1. The van der Waals surface area contributed by atoms with E-state index in [4.69, 9.17) is 26.8 Å². The van der Waals surface area contributed by atoms with Gasteiger partial charge in [0.05, 0.1) is 25.3 Å². The molecule has 0 aliphatic heterocycles. The molecule has 0 fully saturated rings. The second-order valence-electron chi connectivity index (χ2n) is 6.89. The van der Waals surface area contributed by atoms with Gasteiger partial charge >= 0.3 is 0 Å². The van der Waals surface area contributed by atoms with Gasteiger partial charge in [-0.25, -0.2) is 4.68 Å². The molecule has 0 saturated carbocycles. The average molecular weight is 464 g/mol. The Morgan fingerprint density at radius 2 is 1.94 bits per heavy atom. The van der Waals surface area contributed by atoms with Gasteiger partial charge in [0.15, 0.2) is 11.5 Å². The maximum absolute atomic E-state index is 9.72. The fourth-order valence-corrected chi connectivity index (χ4v) is 3.23. The lowest BCUT2D eigenvalue weighted by Crippen LogP contribution is -2.07. The van der Waals surface area contributed by atoms with Crippen LogP contribution < -0.4 is 15.2 Å². The number of halogens is 1. The Kier molecular flexibility index (Phi) is 7.93. The Hall–Kier alpha value is -3.98. The number of aliphatic hydroxyl groups is 1. The molecule has 0 atom stereocenters. The molecule has 0 amide bonds. The van der Waals surface area contributed by atoms with Crippen LogP contribution in [-0.4, -0.2) is 28.1 Å². The highest BCUT2D eigenvalue weighted by Gasteiger charge is 2.19. The molecule has 0 radical (unpaired) electrons. The Morgan fingerprint density at radius 3 is 2.58 bits per heavy atom. The van der Waals surface area contributed by atoms with E-state index in [9.17, 15) is 15.6 Å². The van der Waals surface area contributed by atoms with E-state index in [2.05, 4.69) is 11.2 Å². The number of ether oxygens (including phenoxy) is 2. The normalized spacial score (nSPS) is 11.0. The molecule has 0 unspecified atom stereocenters. The summed E-state index contributed by atoms with van der Waals surface area (Å²) in [7, 11) is 0. The van der Waals surface area contributed by atoms with E-state index in [1.54, 1.807) is 36.4 Å². The van der Waals surface area contributed by atoms with Crippen molar-refractivity contribution in [3.8, 4) is 23.6 Å². The molecule has 0 saturated heterocycles. The number of hydrogen-bond donors (Lipinski definition) is 2. The van der Waals surface area contributed by atoms with Gasteiger partial charge in [0.25, 0.3) is 0 Å². The van der Waals surface area contributed by atoms with Crippen molar-refractivity contribution in [2.45, 2.75) is 20.1 Å². The van der Waals surface area contributed by atoms with Crippen LogP contribution in [0.4, 0.5) is 5.82 Å². The third kappa shape index (κ3) is 5.64. The van der Waals surface area contributed by atoms with Gasteiger partial charge < -0.3 is 20.3 Å². The molecule has 3 N–H and O–H groups in total. The van der Waals surface area contributed by atoms with E-state index < -0.39 is 0 Å². The van der Waals surface area contributed by atoms with Crippen LogP contribution in [0.25, 0.3) is 11.6 Å². The lowest BCUT2D eigenvalue weighted by Gasteiger charge is -2.13. The third-order valence-electron chi connectivity index (χ3n) is 4.68. The lowest BCUT2D eigenvalue weighted by molar-refractivity contribution is 0.269. The Bertz CT molecular complexity index is 1240. The lowest BCUT2D eigenvalue weighted by atomic mass is 10.1. The zero-order valence-electron chi connectivity index (χ0n) is 18.0. The Labute approximate surface area is 196 Å². The molecule has 0 spiro atoms. The first-order chi connectivity index (χ1) is 16.0. The number of aliphatic hydroxyl groups excluding tert-OH is 1. The fourth-order valence-electron chi connectivity index (χ4n) is 3.10. The van der Waals surface area contributed by atoms with Crippen molar-refractivity contribution in [2.24, 2.45) is 0 Å². The van der Waals surface area contributed by atoms with Crippen LogP contribution in [0.3, 0.4) is 0 Å².